The standard InChI is InChI=1S/C11H11FO/c1-3-9-5-4-6-11(12)10(9)7-8(2)13/h3-6H,1,7H2,2H3. The quantitative estimate of drug-likeness (QED) is 0.695. The molecule has 68 valence electrons. The summed E-state index contributed by atoms with van der Waals surface area (Å²) in [5, 5.41) is 0. The molecule has 0 bridgehead atoms. The van der Waals surface area contributed by atoms with Crippen LogP contribution in [0.1, 0.15) is 18.1 Å². The van der Waals surface area contributed by atoms with Gasteiger partial charge in [0.05, 0.1) is 0 Å². The minimum atomic E-state index is -0.340. The van der Waals surface area contributed by atoms with Crippen molar-refractivity contribution in [1.82, 2.24) is 0 Å². The zero-order valence-corrected chi connectivity index (χ0v) is 7.51. The Kier molecular flexibility index (Phi) is 2.96. The molecule has 0 saturated heterocycles. The molecule has 0 unspecified atom stereocenters. The summed E-state index contributed by atoms with van der Waals surface area (Å²) in [4.78, 5) is 10.8. The fraction of sp³-hybridized carbons (Fsp3) is 0.182. The molecular formula is C11H11FO. The van der Waals surface area contributed by atoms with Gasteiger partial charge >= 0.3 is 0 Å². The molecule has 0 saturated carbocycles. The van der Waals surface area contributed by atoms with Crippen molar-refractivity contribution < 1.29 is 9.18 Å². The van der Waals surface area contributed by atoms with Crippen molar-refractivity contribution >= 4 is 11.9 Å². The van der Waals surface area contributed by atoms with Crippen LogP contribution in [0.3, 0.4) is 0 Å². The summed E-state index contributed by atoms with van der Waals surface area (Å²) in [6, 6.07) is 4.70. The summed E-state index contributed by atoms with van der Waals surface area (Å²) < 4.78 is 13.2. The fourth-order valence-electron chi connectivity index (χ4n) is 1.20. The average molecular weight is 178 g/mol. The van der Waals surface area contributed by atoms with Crippen molar-refractivity contribution in [2.24, 2.45) is 0 Å². The largest absolute Gasteiger partial charge is 0.300 e. The third-order valence-corrected chi connectivity index (χ3v) is 1.80. The van der Waals surface area contributed by atoms with Gasteiger partial charge in [0, 0.05) is 12.0 Å². The Morgan fingerprint density at radius 3 is 2.85 bits per heavy atom. The SMILES string of the molecule is C=Cc1cccc(F)c1CC(C)=O. The van der Waals surface area contributed by atoms with Crippen LogP contribution < -0.4 is 0 Å². The number of benzene rings is 1. The molecular weight excluding hydrogens is 167 g/mol. The van der Waals surface area contributed by atoms with E-state index < -0.39 is 0 Å². The van der Waals surface area contributed by atoms with Crippen LogP contribution in [0, 0.1) is 5.82 Å². The van der Waals surface area contributed by atoms with Crippen LogP contribution >= 0.6 is 0 Å². The molecule has 0 fully saturated rings. The highest BCUT2D eigenvalue weighted by Crippen LogP contribution is 2.15. The molecule has 0 aliphatic heterocycles. The number of halogens is 1. The van der Waals surface area contributed by atoms with Gasteiger partial charge in [-0.2, -0.15) is 0 Å². The van der Waals surface area contributed by atoms with Crippen molar-refractivity contribution in [2.75, 3.05) is 0 Å². The predicted octanol–water partition coefficient (Wildman–Crippen LogP) is 2.60. The van der Waals surface area contributed by atoms with Crippen LogP contribution in [-0.4, -0.2) is 5.78 Å². The van der Waals surface area contributed by atoms with Gasteiger partial charge in [-0.15, -0.1) is 0 Å². The van der Waals surface area contributed by atoms with Crippen molar-refractivity contribution in [1.29, 1.82) is 0 Å². The molecule has 0 aliphatic carbocycles. The summed E-state index contributed by atoms with van der Waals surface area (Å²) in [5.74, 6) is -0.388. The molecule has 1 aromatic rings. The third-order valence-electron chi connectivity index (χ3n) is 1.80. The van der Waals surface area contributed by atoms with E-state index in [1.165, 1.54) is 13.0 Å². The monoisotopic (exact) mass is 178 g/mol. The van der Waals surface area contributed by atoms with Gasteiger partial charge in [0.2, 0.25) is 0 Å². The highest BCUT2D eigenvalue weighted by molar-refractivity contribution is 5.79. The number of ketones is 1. The maximum absolute atomic E-state index is 13.2. The van der Waals surface area contributed by atoms with E-state index in [4.69, 9.17) is 0 Å². The second kappa shape index (κ2) is 3.99. The normalized spacial score (nSPS) is 9.69. The molecule has 0 atom stereocenters. The first-order valence-corrected chi connectivity index (χ1v) is 4.04. The molecule has 2 heteroatoms. The first-order valence-electron chi connectivity index (χ1n) is 4.04. The van der Waals surface area contributed by atoms with E-state index in [0.717, 1.165) is 0 Å². The third kappa shape index (κ3) is 2.25. The lowest BCUT2D eigenvalue weighted by Gasteiger charge is -2.04. The zero-order valence-electron chi connectivity index (χ0n) is 7.51. The molecule has 0 heterocycles. The van der Waals surface area contributed by atoms with Gasteiger partial charge in [-0.3, -0.25) is 4.79 Å². The molecule has 0 spiro atoms. The summed E-state index contributed by atoms with van der Waals surface area (Å²) in [7, 11) is 0. The van der Waals surface area contributed by atoms with Crippen LogP contribution in [0.2, 0.25) is 0 Å². The molecule has 13 heavy (non-hydrogen) atoms. The average Bonchev–Trinajstić information content (AvgIpc) is 2.08. The van der Waals surface area contributed by atoms with Crippen molar-refractivity contribution in [3.05, 3.63) is 41.7 Å². The van der Waals surface area contributed by atoms with E-state index in [1.54, 1.807) is 18.2 Å². The highest BCUT2D eigenvalue weighted by atomic mass is 19.1. The Hall–Kier alpha value is -1.44. The minimum absolute atomic E-state index is 0.0480. The van der Waals surface area contributed by atoms with Crippen LogP contribution in [-0.2, 0) is 11.2 Å². The van der Waals surface area contributed by atoms with Gasteiger partial charge < -0.3 is 0 Å². The lowest BCUT2D eigenvalue weighted by molar-refractivity contribution is -0.116. The maximum atomic E-state index is 13.2. The van der Waals surface area contributed by atoms with Gasteiger partial charge in [-0.1, -0.05) is 24.8 Å². The molecule has 0 amide bonds. The van der Waals surface area contributed by atoms with Gasteiger partial charge in [-0.05, 0) is 18.6 Å². The van der Waals surface area contributed by atoms with Gasteiger partial charge in [0.15, 0.2) is 0 Å². The number of hydrogen-bond acceptors (Lipinski definition) is 1. The maximum Gasteiger partial charge on any atom is 0.134 e. The van der Waals surface area contributed by atoms with Crippen LogP contribution in [0.15, 0.2) is 24.8 Å². The highest BCUT2D eigenvalue weighted by Gasteiger charge is 2.07. The van der Waals surface area contributed by atoms with Crippen LogP contribution in [0.4, 0.5) is 4.39 Å². The summed E-state index contributed by atoms with van der Waals surface area (Å²) >= 11 is 0. The number of rotatable bonds is 3. The second-order valence-electron chi connectivity index (χ2n) is 2.89. The van der Waals surface area contributed by atoms with E-state index in [9.17, 15) is 9.18 Å². The summed E-state index contributed by atoms with van der Waals surface area (Å²) in [5.41, 5.74) is 1.13. The first kappa shape index (κ1) is 9.65. The van der Waals surface area contributed by atoms with Crippen LogP contribution in [0.25, 0.3) is 6.08 Å². The van der Waals surface area contributed by atoms with Crippen LogP contribution in [0.5, 0.6) is 0 Å². The number of carbonyl (C=O) groups excluding carboxylic acids is 1. The minimum Gasteiger partial charge on any atom is -0.300 e. The van der Waals surface area contributed by atoms with E-state index in [-0.39, 0.29) is 18.0 Å². The Morgan fingerprint density at radius 1 is 1.62 bits per heavy atom. The smallest absolute Gasteiger partial charge is 0.134 e. The molecule has 0 N–H and O–H groups in total. The lowest BCUT2D eigenvalue weighted by Crippen LogP contribution is -2.01. The van der Waals surface area contributed by atoms with Gasteiger partial charge in [0.1, 0.15) is 11.6 Å². The van der Waals surface area contributed by atoms with Crippen molar-refractivity contribution in [2.45, 2.75) is 13.3 Å². The summed E-state index contributed by atoms with van der Waals surface area (Å²) in [6.07, 6.45) is 1.69. The van der Waals surface area contributed by atoms with Gasteiger partial charge in [0.25, 0.3) is 0 Å². The molecule has 0 aromatic heterocycles. The molecule has 0 aliphatic rings. The van der Waals surface area contributed by atoms with E-state index >= 15 is 0 Å². The molecule has 1 aromatic carbocycles. The topological polar surface area (TPSA) is 17.1 Å². The lowest BCUT2D eigenvalue weighted by atomic mass is 10.0. The molecule has 1 nitrogen and oxygen atoms in total. The zero-order chi connectivity index (χ0) is 9.84. The van der Waals surface area contributed by atoms with E-state index in [2.05, 4.69) is 6.58 Å². The first-order chi connectivity index (χ1) is 6.15. The fourth-order valence-corrected chi connectivity index (χ4v) is 1.20. The number of hydrogen-bond donors (Lipinski definition) is 0. The Bertz CT molecular complexity index is 342. The second-order valence-corrected chi connectivity index (χ2v) is 2.89. The predicted molar refractivity (Wildman–Crippen MR) is 50.9 cm³/mol. The molecule has 1 rings (SSSR count). The Morgan fingerprint density at radius 2 is 2.31 bits per heavy atom. The number of carbonyl (C=O) groups is 1. The van der Waals surface area contributed by atoms with Crippen molar-refractivity contribution in [3.8, 4) is 0 Å². The van der Waals surface area contributed by atoms with E-state index in [1.807, 2.05) is 0 Å². The Labute approximate surface area is 76.9 Å². The number of Topliss-reactive ketones (excluding diaryl/α,β-unsaturated/α-hetero) is 1. The van der Waals surface area contributed by atoms with Crippen molar-refractivity contribution in [3.63, 3.8) is 0 Å². The van der Waals surface area contributed by atoms with E-state index in [0.29, 0.717) is 11.1 Å². The molecule has 0 radical (unpaired) electrons. The Balaban J connectivity index is 3.14. The van der Waals surface area contributed by atoms with Gasteiger partial charge in [-0.25, -0.2) is 4.39 Å². The summed E-state index contributed by atoms with van der Waals surface area (Å²) in [6.45, 7) is 5.01.